The van der Waals surface area contributed by atoms with Gasteiger partial charge in [-0.1, -0.05) is 29.8 Å². The molecule has 2 aliphatic heterocycles. The smallest absolute Gasteiger partial charge is 0.254 e. The van der Waals surface area contributed by atoms with Gasteiger partial charge in [-0.25, -0.2) is 4.39 Å². The number of carbonyl (C=O) groups excluding carboxylic acids is 2. The molecule has 2 saturated heterocycles. The van der Waals surface area contributed by atoms with Crippen molar-refractivity contribution in [2.24, 2.45) is 5.92 Å². The lowest BCUT2D eigenvalue weighted by atomic mass is 10.1. The summed E-state index contributed by atoms with van der Waals surface area (Å²) in [6.07, 6.45) is 0.252. The number of fused-ring (bicyclic) bond motifs is 3. The lowest BCUT2D eigenvalue weighted by Gasteiger charge is -2.31. The third kappa shape index (κ3) is 4.60. The minimum atomic E-state index is -0.437. The maximum Gasteiger partial charge on any atom is 0.254 e. The van der Waals surface area contributed by atoms with E-state index in [0.29, 0.717) is 43.4 Å². The molecule has 2 fully saturated rings. The van der Waals surface area contributed by atoms with E-state index in [9.17, 15) is 14.0 Å². The van der Waals surface area contributed by atoms with E-state index in [1.165, 1.54) is 18.2 Å². The van der Waals surface area contributed by atoms with E-state index in [0.717, 1.165) is 5.56 Å². The van der Waals surface area contributed by atoms with E-state index in [1.54, 1.807) is 23.1 Å². The SMILES string of the molecule is O=C(c1cccc(F)c1)N1C[C@@H]2COC[C@H](C1)N(C(=O)Cc1cccc(Cl)c1)C2. The molecule has 152 valence electrons. The summed E-state index contributed by atoms with van der Waals surface area (Å²) in [6.45, 7) is 2.26. The van der Waals surface area contributed by atoms with E-state index in [-0.39, 0.29) is 30.2 Å². The number of benzene rings is 2. The summed E-state index contributed by atoms with van der Waals surface area (Å²) in [5, 5.41) is 0.597. The maximum absolute atomic E-state index is 13.6. The van der Waals surface area contributed by atoms with Crippen LogP contribution in [0.3, 0.4) is 0 Å². The summed E-state index contributed by atoms with van der Waals surface area (Å²) < 4.78 is 19.3. The third-order valence-corrected chi connectivity index (χ3v) is 5.63. The predicted molar refractivity (Wildman–Crippen MR) is 107 cm³/mol. The molecule has 0 aromatic heterocycles. The van der Waals surface area contributed by atoms with Crippen molar-refractivity contribution in [2.45, 2.75) is 12.5 Å². The molecule has 2 amide bonds. The van der Waals surface area contributed by atoms with Crippen LogP contribution in [0.15, 0.2) is 48.5 Å². The number of nitrogens with zero attached hydrogens (tertiary/aromatic N) is 2. The van der Waals surface area contributed by atoms with Gasteiger partial charge in [0.2, 0.25) is 5.91 Å². The van der Waals surface area contributed by atoms with Crippen molar-refractivity contribution < 1.29 is 18.7 Å². The highest BCUT2D eigenvalue weighted by atomic mass is 35.5. The quantitative estimate of drug-likeness (QED) is 0.772. The molecule has 0 N–H and O–H groups in total. The van der Waals surface area contributed by atoms with Crippen LogP contribution in [0.5, 0.6) is 0 Å². The normalized spacial score (nSPS) is 21.6. The molecule has 2 aromatic rings. The van der Waals surface area contributed by atoms with Crippen LogP contribution in [0, 0.1) is 11.7 Å². The summed E-state index contributed by atoms with van der Waals surface area (Å²) >= 11 is 6.04. The number of hydrogen-bond donors (Lipinski definition) is 0. The molecular weight excluding hydrogens is 395 g/mol. The lowest BCUT2D eigenvalue weighted by molar-refractivity contribution is -0.133. The Morgan fingerprint density at radius 3 is 2.69 bits per heavy atom. The van der Waals surface area contributed by atoms with E-state index in [4.69, 9.17) is 16.3 Å². The predicted octanol–water partition coefficient (Wildman–Crippen LogP) is 3.02. The van der Waals surface area contributed by atoms with Gasteiger partial charge in [-0.3, -0.25) is 9.59 Å². The van der Waals surface area contributed by atoms with Crippen molar-refractivity contribution >= 4 is 23.4 Å². The molecule has 0 radical (unpaired) electrons. The highest BCUT2D eigenvalue weighted by Crippen LogP contribution is 2.23. The van der Waals surface area contributed by atoms with Crippen LogP contribution in [0.1, 0.15) is 15.9 Å². The Bertz CT molecular complexity index is 922. The Kier molecular flexibility index (Phi) is 5.83. The number of hydrogen-bond acceptors (Lipinski definition) is 3. The first-order valence-corrected chi connectivity index (χ1v) is 10.0. The van der Waals surface area contributed by atoms with Crippen molar-refractivity contribution in [1.82, 2.24) is 9.80 Å². The minimum Gasteiger partial charge on any atom is -0.379 e. The van der Waals surface area contributed by atoms with E-state index < -0.39 is 5.82 Å². The number of carbonyl (C=O) groups is 2. The molecule has 0 unspecified atom stereocenters. The molecule has 0 saturated carbocycles. The first-order valence-electron chi connectivity index (χ1n) is 9.66. The Labute approximate surface area is 174 Å². The van der Waals surface area contributed by atoms with Crippen LogP contribution in [-0.2, 0) is 16.0 Å². The van der Waals surface area contributed by atoms with Gasteiger partial charge in [-0.15, -0.1) is 0 Å². The molecule has 2 aromatic carbocycles. The number of halogens is 2. The Morgan fingerprint density at radius 2 is 1.90 bits per heavy atom. The third-order valence-electron chi connectivity index (χ3n) is 5.39. The molecular formula is C22H22ClFN2O3. The monoisotopic (exact) mass is 416 g/mol. The van der Waals surface area contributed by atoms with Crippen LogP contribution >= 0.6 is 11.6 Å². The fraction of sp³-hybridized carbons (Fsp3) is 0.364. The fourth-order valence-electron chi connectivity index (χ4n) is 4.04. The molecule has 5 nitrogen and oxygen atoms in total. The number of rotatable bonds is 3. The second-order valence-corrected chi connectivity index (χ2v) is 8.07. The summed E-state index contributed by atoms with van der Waals surface area (Å²) in [5.74, 6) is -0.644. The second-order valence-electron chi connectivity index (χ2n) is 7.63. The van der Waals surface area contributed by atoms with Crippen LogP contribution < -0.4 is 0 Å². The van der Waals surface area contributed by atoms with E-state index in [2.05, 4.69) is 0 Å². The van der Waals surface area contributed by atoms with Crippen LogP contribution in [-0.4, -0.2) is 60.5 Å². The van der Waals surface area contributed by atoms with Crippen LogP contribution in [0.2, 0.25) is 5.02 Å². The summed E-state index contributed by atoms with van der Waals surface area (Å²) in [4.78, 5) is 29.5. The van der Waals surface area contributed by atoms with Crippen molar-refractivity contribution in [3.63, 3.8) is 0 Å². The van der Waals surface area contributed by atoms with E-state index in [1.807, 2.05) is 17.0 Å². The van der Waals surface area contributed by atoms with Gasteiger partial charge in [-0.2, -0.15) is 0 Å². The summed E-state index contributed by atoms with van der Waals surface area (Å²) in [7, 11) is 0. The van der Waals surface area contributed by atoms with Crippen LogP contribution in [0.4, 0.5) is 4.39 Å². The zero-order chi connectivity index (χ0) is 20.4. The molecule has 2 atom stereocenters. The average Bonchev–Trinajstić information content (AvgIpc) is 2.98. The van der Waals surface area contributed by atoms with Gasteiger partial charge in [-0.05, 0) is 35.9 Å². The Hall–Kier alpha value is -2.44. The first kappa shape index (κ1) is 19.9. The summed E-state index contributed by atoms with van der Waals surface area (Å²) in [5.41, 5.74) is 1.18. The van der Waals surface area contributed by atoms with E-state index >= 15 is 0 Å². The van der Waals surface area contributed by atoms with Gasteiger partial charge < -0.3 is 14.5 Å². The highest BCUT2D eigenvalue weighted by Gasteiger charge is 2.37. The van der Waals surface area contributed by atoms with Gasteiger partial charge in [0.1, 0.15) is 5.82 Å². The molecule has 0 spiro atoms. The molecule has 2 heterocycles. The number of amides is 2. The lowest BCUT2D eigenvalue weighted by Crippen LogP contribution is -2.48. The fourth-order valence-corrected chi connectivity index (χ4v) is 4.25. The van der Waals surface area contributed by atoms with Gasteiger partial charge in [0.25, 0.3) is 5.91 Å². The Balaban J connectivity index is 1.52. The van der Waals surface area contributed by atoms with Gasteiger partial charge >= 0.3 is 0 Å². The average molecular weight is 417 g/mol. The maximum atomic E-state index is 13.6. The Morgan fingerprint density at radius 1 is 1.07 bits per heavy atom. The van der Waals surface area contributed by atoms with Gasteiger partial charge in [0.15, 0.2) is 0 Å². The number of ether oxygens (including phenoxy) is 1. The van der Waals surface area contributed by atoms with Crippen molar-refractivity contribution in [3.05, 3.63) is 70.5 Å². The van der Waals surface area contributed by atoms with Crippen molar-refractivity contribution in [3.8, 4) is 0 Å². The zero-order valence-corrected chi connectivity index (χ0v) is 16.6. The second kappa shape index (κ2) is 8.51. The standard InChI is InChI=1S/C22H22ClFN2O3/c23-18-5-1-3-15(7-18)8-21(27)26-11-16-10-25(12-20(26)14-29-13-16)22(28)17-4-2-6-19(24)9-17/h1-7,9,16,20H,8,10-14H2/t16-,20-/m0/s1. The molecule has 2 aliphatic rings. The zero-order valence-electron chi connectivity index (χ0n) is 15.9. The molecule has 4 rings (SSSR count). The van der Waals surface area contributed by atoms with Crippen molar-refractivity contribution in [2.75, 3.05) is 32.8 Å². The molecule has 7 heteroatoms. The summed E-state index contributed by atoms with van der Waals surface area (Å²) in [6, 6.07) is 12.8. The highest BCUT2D eigenvalue weighted by molar-refractivity contribution is 6.30. The van der Waals surface area contributed by atoms with Crippen LogP contribution in [0.25, 0.3) is 0 Å². The minimum absolute atomic E-state index is 0.00665. The topological polar surface area (TPSA) is 49.9 Å². The first-order chi connectivity index (χ1) is 14.0. The molecule has 0 aliphatic carbocycles. The van der Waals surface area contributed by atoms with Gasteiger partial charge in [0.05, 0.1) is 25.7 Å². The van der Waals surface area contributed by atoms with Gasteiger partial charge in [0, 0.05) is 36.1 Å². The molecule has 29 heavy (non-hydrogen) atoms. The largest absolute Gasteiger partial charge is 0.379 e. The van der Waals surface area contributed by atoms with Crippen molar-refractivity contribution in [1.29, 1.82) is 0 Å². The molecule has 2 bridgehead atoms.